The summed E-state index contributed by atoms with van der Waals surface area (Å²) in [6.45, 7) is 7.00. The first-order chi connectivity index (χ1) is 14.6. The Balaban J connectivity index is 1.39. The highest BCUT2D eigenvalue weighted by atomic mass is 16.5. The van der Waals surface area contributed by atoms with Gasteiger partial charge in [-0.2, -0.15) is 0 Å². The van der Waals surface area contributed by atoms with Gasteiger partial charge in [0.15, 0.2) is 0 Å². The number of aromatic nitrogens is 2. The van der Waals surface area contributed by atoms with E-state index in [0.717, 1.165) is 49.5 Å². The number of likely N-dealkylation sites (tertiary alicyclic amines) is 1. The van der Waals surface area contributed by atoms with E-state index in [4.69, 9.17) is 9.72 Å². The number of nitrogens with zero attached hydrogens (tertiary/aromatic N) is 3. The number of piperidine rings is 1. The average Bonchev–Trinajstić information content (AvgIpc) is 3.12. The molecule has 1 fully saturated rings. The lowest BCUT2D eigenvalue weighted by Crippen LogP contribution is -2.38. The third kappa shape index (κ3) is 4.19. The molecule has 1 aromatic heterocycles. The standard InChI is InChI=1S/C24H30N4O2/c1-17(2)28-21-10-6-4-8-19(21)25-23(28)16-27-14-12-18(13-15-27)24(29)26-20-9-5-7-11-22(20)30-3/h4-11,17-18H,12-16H2,1-3H3,(H,26,29). The minimum Gasteiger partial charge on any atom is -0.495 e. The van der Waals surface area contributed by atoms with E-state index in [1.807, 2.05) is 30.3 Å². The molecule has 1 aliphatic heterocycles. The molecule has 2 heterocycles. The molecule has 1 saturated heterocycles. The Morgan fingerprint density at radius 3 is 2.57 bits per heavy atom. The lowest BCUT2D eigenvalue weighted by molar-refractivity contribution is -0.121. The van der Waals surface area contributed by atoms with Gasteiger partial charge in [0.1, 0.15) is 11.6 Å². The fraction of sp³-hybridized carbons (Fsp3) is 0.417. The number of fused-ring (bicyclic) bond motifs is 1. The van der Waals surface area contributed by atoms with Crippen molar-refractivity contribution in [3.63, 3.8) is 0 Å². The molecule has 0 atom stereocenters. The molecule has 1 amide bonds. The number of hydrogen-bond acceptors (Lipinski definition) is 4. The van der Waals surface area contributed by atoms with Crippen molar-refractivity contribution in [2.75, 3.05) is 25.5 Å². The molecule has 6 nitrogen and oxygen atoms in total. The van der Waals surface area contributed by atoms with E-state index in [-0.39, 0.29) is 11.8 Å². The van der Waals surface area contributed by atoms with Gasteiger partial charge in [0, 0.05) is 12.0 Å². The number of para-hydroxylation sites is 4. The molecule has 0 unspecified atom stereocenters. The van der Waals surface area contributed by atoms with E-state index in [2.05, 4.69) is 46.8 Å². The van der Waals surface area contributed by atoms with Crippen LogP contribution in [0.1, 0.15) is 38.6 Å². The number of hydrogen-bond donors (Lipinski definition) is 1. The summed E-state index contributed by atoms with van der Waals surface area (Å²) in [5.41, 5.74) is 2.97. The number of imidazole rings is 1. The molecular weight excluding hydrogens is 376 g/mol. The second kappa shape index (κ2) is 8.88. The molecule has 0 radical (unpaired) electrons. The van der Waals surface area contributed by atoms with Crippen LogP contribution in [-0.2, 0) is 11.3 Å². The Labute approximate surface area is 177 Å². The zero-order valence-electron chi connectivity index (χ0n) is 18.0. The van der Waals surface area contributed by atoms with Crippen LogP contribution < -0.4 is 10.1 Å². The third-order valence-corrected chi connectivity index (χ3v) is 5.87. The molecule has 0 aliphatic carbocycles. The maximum atomic E-state index is 12.8. The van der Waals surface area contributed by atoms with E-state index < -0.39 is 0 Å². The van der Waals surface area contributed by atoms with Gasteiger partial charge in [-0.05, 0) is 64.0 Å². The molecular formula is C24H30N4O2. The Hall–Kier alpha value is -2.86. The average molecular weight is 407 g/mol. The van der Waals surface area contributed by atoms with Crippen molar-refractivity contribution >= 4 is 22.6 Å². The summed E-state index contributed by atoms with van der Waals surface area (Å²) >= 11 is 0. The highest BCUT2D eigenvalue weighted by Gasteiger charge is 2.26. The molecule has 3 aromatic rings. The van der Waals surface area contributed by atoms with Gasteiger partial charge in [0.2, 0.25) is 5.91 Å². The van der Waals surface area contributed by atoms with Gasteiger partial charge in [0.25, 0.3) is 0 Å². The van der Waals surface area contributed by atoms with Crippen LogP contribution in [0.3, 0.4) is 0 Å². The van der Waals surface area contributed by atoms with Gasteiger partial charge >= 0.3 is 0 Å². The molecule has 4 rings (SSSR count). The van der Waals surface area contributed by atoms with E-state index in [1.54, 1.807) is 7.11 Å². The minimum absolute atomic E-state index is 0.0232. The summed E-state index contributed by atoms with van der Waals surface area (Å²) in [5, 5.41) is 3.04. The fourth-order valence-corrected chi connectivity index (χ4v) is 4.32. The number of benzene rings is 2. The number of ether oxygens (including phenoxy) is 1. The molecule has 158 valence electrons. The number of carbonyl (C=O) groups is 1. The summed E-state index contributed by atoms with van der Waals surface area (Å²) in [4.78, 5) is 20.1. The van der Waals surface area contributed by atoms with E-state index in [9.17, 15) is 4.79 Å². The van der Waals surface area contributed by atoms with Crippen molar-refractivity contribution in [3.05, 3.63) is 54.4 Å². The Kier molecular flexibility index (Phi) is 6.04. The monoisotopic (exact) mass is 406 g/mol. The molecule has 0 saturated carbocycles. The SMILES string of the molecule is COc1ccccc1NC(=O)C1CCN(Cc2nc3ccccc3n2C(C)C)CC1. The second-order valence-electron chi connectivity index (χ2n) is 8.22. The Bertz CT molecular complexity index is 1020. The normalized spacial score (nSPS) is 15.6. The molecule has 30 heavy (non-hydrogen) atoms. The predicted molar refractivity (Wildman–Crippen MR) is 120 cm³/mol. The van der Waals surface area contributed by atoms with Crippen molar-refractivity contribution in [2.45, 2.75) is 39.3 Å². The molecule has 1 N–H and O–H groups in total. The summed E-state index contributed by atoms with van der Waals surface area (Å²) in [5.74, 6) is 1.89. The Morgan fingerprint density at radius 1 is 1.13 bits per heavy atom. The first kappa shape index (κ1) is 20.4. The fourth-order valence-electron chi connectivity index (χ4n) is 4.32. The molecule has 1 aliphatic rings. The maximum absolute atomic E-state index is 12.8. The van der Waals surface area contributed by atoms with E-state index in [0.29, 0.717) is 11.8 Å². The second-order valence-corrected chi connectivity index (χ2v) is 8.22. The molecule has 2 aromatic carbocycles. The summed E-state index contributed by atoms with van der Waals surface area (Å²) in [6.07, 6.45) is 1.70. The van der Waals surface area contributed by atoms with Crippen molar-refractivity contribution < 1.29 is 9.53 Å². The van der Waals surface area contributed by atoms with Crippen LogP contribution in [0.15, 0.2) is 48.5 Å². The first-order valence-electron chi connectivity index (χ1n) is 10.7. The van der Waals surface area contributed by atoms with Crippen LogP contribution >= 0.6 is 0 Å². The lowest BCUT2D eigenvalue weighted by atomic mass is 9.95. The van der Waals surface area contributed by atoms with Crippen LogP contribution in [0.4, 0.5) is 5.69 Å². The summed E-state index contributed by atoms with van der Waals surface area (Å²) < 4.78 is 7.67. The van der Waals surface area contributed by atoms with Crippen molar-refractivity contribution in [2.24, 2.45) is 5.92 Å². The number of methoxy groups -OCH3 is 1. The maximum Gasteiger partial charge on any atom is 0.227 e. The first-order valence-corrected chi connectivity index (χ1v) is 10.7. The minimum atomic E-state index is 0.0232. The highest BCUT2D eigenvalue weighted by molar-refractivity contribution is 5.94. The van der Waals surface area contributed by atoms with Gasteiger partial charge < -0.3 is 14.6 Å². The van der Waals surface area contributed by atoms with Gasteiger partial charge in [-0.15, -0.1) is 0 Å². The molecule has 0 spiro atoms. The molecule has 6 heteroatoms. The van der Waals surface area contributed by atoms with E-state index in [1.165, 1.54) is 5.52 Å². The van der Waals surface area contributed by atoms with Gasteiger partial charge in [0.05, 0.1) is 30.4 Å². The number of amides is 1. The van der Waals surface area contributed by atoms with E-state index >= 15 is 0 Å². The van der Waals surface area contributed by atoms with Crippen molar-refractivity contribution in [3.8, 4) is 5.75 Å². The van der Waals surface area contributed by atoms with Crippen LogP contribution in [0.25, 0.3) is 11.0 Å². The van der Waals surface area contributed by atoms with Gasteiger partial charge in [-0.3, -0.25) is 9.69 Å². The number of carbonyl (C=O) groups excluding carboxylic acids is 1. The van der Waals surface area contributed by atoms with Crippen LogP contribution in [-0.4, -0.2) is 40.6 Å². The highest BCUT2D eigenvalue weighted by Crippen LogP contribution is 2.27. The topological polar surface area (TPSA) is 59.4 Å². The number of nitrogens with one attached hydrogen (secondary N) is 1. The van der Waals surface area contributed by atoms with Crippen LogP contribution in [0, 0.1) is 5.92 Å². The van der Waals surface area contributed by atoms with Gasteiger partial charge in [-0.1, -0.05) is 24.3 Å². The van der Waals surface area contributed by atoms with Crippen molar-refractivity contribution in [1.82, 2.24) is 14.5 Å². The van der Waals surface area contributed by atoms with Gasteiger partial charge in [-0.25, -0.2) is 4.98 Å². The Morgan fingerprint density at radius 2 is 1.83 bits per heavy atom. The lowest BCUT2D eigenvalue weighted by Gasteiger charge is -2.31. The molecule has 0 bridgehead atoms. The smallest absolute Gasteiger partial charge is 0.227 e. The third-order valence-electron chi connectivity index (χ3n) is 5.87. The zero-order chi connectivity index (χ0) is 21.1. The quantitative estimate of drug-likeness (QED) is 0.656. The van der Waals surface area contributed by atoms with Crippen LogP contribution in [0.5, 0.6) is 5.75 Å². The summed E-state index contributed by atoms with van der Waals surface area (Å²) in [6, 6.07) is 16.2. The predicted octanol–water partition coefficient (Wildman–Crippen LogP) is 4.48. The van der Waals surface area contributed by atoms with Crippen LogP contribution in [0.2, 0.25) is 0 Å². The summed E-state index contributed by atoms with van der Waals surface area (Å²) in [7, 11) is 1.62. The number of anilines is 1. The number of rotatable bonds is 6. The largest absolute Gasteiger partial charge is 0.495 e. The zero-order valence-corrected chi connectivity index (χ0v) is 18.0. The van der Waals surface area contributed by atoms with Crippen molar-refractivity contribution in [1.29, 1.82) is 0 Å².